The van der Waals surface area contributed by atoms with Crippen LogP contribution in [0.3, 0.4) is 0 Å². The Bertz CT molecular complexity index is 736. The van der Waals surface area contributed by atoms with Crippen molar-refractivity contribution >= 4 is 27.5 Å². The average molecular weight is 381 g/mol. The van der Waals surface area contributed by atoms with Gasteiger partial charge < -0.3 is 15.2 Å². The fourth-order valence-electron chi connectivity index (χ4n) is 1.78. The molecule has 2 aromatic rings. The van der Waals surface area contributed by atoms with Gasteiger partial charge in [0.15, 0.2) is 6.61 Å². The van der Waals surface area contributed by atoms with E-state index in [-0.39, 0.29) is 30.2 Å². The van der Waals surface area contributed by atoms with Crippen LogP contribution >= 0.6 is 15.9 Å². The van der Waals surface area contributed by atoms with Crippen molar-refractivity contribution in [3.63, 3.8) is 0 Å². The molecular weight excluding hydrogens is 368 g/mol. The smallest absolute Gasteiger partial charge is 0.270 e. The van der Waals surface area contributed by atoms with Gasteiger partial charge in [0.25, 0.3) is 11.6 Å². The molecule has 0 atom stereocenters. The zero-order valence-electron chi connectivity index (χ0n) is 11.9. The van der Waals surface area contributed by atoms with Gasteiger partial charge in [0.05, 0.1) is 4.92 Å². The first-order valence-electron chi connectivity index (χ1n) is 6.57. The predicted molar refractivity (Wildman–Crippen MR) is 86.2 cm³/mol. The number of non-ortho nitro benzene ring substituents is 1. The molecule has 0 bridgehead atoms. The molecule has 0 aromatic heterocycles. The van der Waals surface area contributed by atoms with Crippen molar-refractivity contribution in [3.8, 4) is 11.5 Å². The van der Waals surface area contributed by atoms with E-state index in [2.05, 4.69) is 21.2 Å². The van der Waals surface area contributed by atoms with Gasteiger partial charge in [0.1, 0.15) is 11.5 Å². The number of rotatable bonds is 6. The number of hydrogen-bond donors (Lipinski definition) is 2. The molecule has 0 saturated carbocycles. The first-order valence-corrected chi connectivity index (χ1v) is 7.36. The quantitative estimate of drug-likeness (QED) is 0.592. The molecule has 2 rings (SSSR count). The van der Waals surface area contributed by atoms with E-state index in [1.54, 1.807) is 18.2 Å². The van der Waals surface area contributed by atoms with Crippen LogP contribution in [0.4, 0.5) is 5.69 Å². The third kappa shape index (κ3) is 4.96. The lowest BCUT2D eigenvalue weighted by molar-refractivity contribution is -0.384. The van der Waals surface area contributed by atoms with Gasteiger partial charge in [-0.15, -0.1) is 0 Å². The number of hydrogen-bond acceptors (Lipinski definition) is 5. The molecule has 120 valence electrons. The number of nitrogens with zero attached hydrogens (tertiary/aromatic N) is 1. The molecule has 1 amide bonds. The summed E-state index contributed by atoms with van der Waals surface area (Å²) in [7, 11) is 0. The van der Waals surface area contributed by atoms with Gasteiger partial charge in [-0.25, -0.2) is 0 Å². The van der Waals surface area contributed by atoms with Crippen LogP contribution in [0.15, 0.2) is 46.9 Å². The molecule has 0 spiro atoms. The molecule has 0 aliphatic heterocycles. The lowest BCUT2D eigenvalue weighted by Gasteiger charge is -2.09. The number of nitro groups is 1. The number of carbonyl (C=O) groups excluding carboxylic acids is 1. The Morgan fingerprint density at radius 2 is 2.09 bits per heavy atom. The van der Waals surface area contributed by atoms with Crippen molar-refractivity contribution in [1.29, 1.82) is 0 Å². The van der Waals surface area contributed by atoms with E-state index in [0.717, 1.165) is 4.47 Å². The fourth-order valence-corrected chi connectivity index (χ4v) is 2.16. The fraction of sp³-hybridized carbons (Fsp3) is 0.133. The number of aromatic hydroxyl groups is 1. The number of amides is 1. The monoisotopic (exact) mass is 380 g/mol. The second-order valence-electron chi connectivity index (χ2n) is 4.59. The summed E-state index contributed by atoms with van der Waals surface area (Å²) in [4.78, 5) is 21.9. The van der Waals surface area contributed by atoms with Crippen LogP contribution in [-0.2, 0) is 11.3 Å². The van der Waals surface area contributed by atoms with Crippen molar-refractivity contribution in [2.45, 2.75) is 6.54 Å². The van der Waals surface area contributed by atoms with E-state index < -0.39 is 10.8 Å². The molecule has 0 aliphatic carbocycles. The predicted octanol–water partition coefficient (Wildman–Crippen LogP) is 2.76. The van der Waals surface area contributed by atoms with Crippen molar-refractivity contribution < 1.29 is 19.6 Å². The van der Waals surface area contributed by atoms with Crippen LogP contribution in [-0.4, -0.2) is 22.5 Å². The minimum Gasteiger partial charge on any atom is -0.508 e. The molecular formula is C15H13BrN2O5. The van der Waals surface area contributed by atoms with Crippen molar-refractivity contribution in [1.82, 2.24) is 5.32 Å². The molecule has 0 heterocycles. The van der Waals surface area contributed by atoms with Gasteiger partial charge in [-0.2, -0.15) is 0 Å². The van der Waals surface area contributed by atoms with Gasteiger partial charge in [-0.3, -0.25) is 14.9 Å². The third-order valence-electron chi connectivity index (χ3n) is 2.92. The maximum absolute atomic E-state index is 11.7. The molecule has 2 N–H and O–H groups in total. The maximum Gasteiger partial charge on any atom is 0.270 e. The normalized spacial score (nSPS) is 10.1. The van der Waals surface area contributed by atoms with E-state index in [0.29, 0.717) is 5.75 Å². The standard InChI is InChI=1S/C15H13BrN2O5/c16-11-2-1-3-13(7-11)23-9-15(20)17-8-10-6-12(18(21)22)4-5-14(10)19/h1-7,19H,8-9H2,(H,17,20). The lowest BCUT2D eigenvalue weighted by Crippen LogP contribution is -2.28. The van der Waals surface area contributed by atoms with Crippen molar-refractivity contribution in [2.75, 3.05) is 6.61 Å². The first kappa shape index (κ1) is 16.8. The lowest BCUT2D eigenvalue weighted by atomic mass is 10.2. The van der Waals surface area contributed by atoms with E-state index in [9.17, 15) is 20.0 Å². The van der Waals surface area contributed by atoms with E-state index in [1.165, 1.54) is 18.2 Å². The Morgan fingerprint density at radius 3 is 2.78 bits per heavy atom. The number of nitro benzene ring substituents is 1. The number of halogens is 1. The number of phenols is 1. The third-order valence-corrected chi connectivity index (χ3v) is 3.41. The number of phenolic OH excluding ortho intramolecular Hbond substituents is 1. The summed E-state index contributed by atoms with van der Waals surface area (Å²) in [5.41, 5.74) is 0.104. The molecule has 0 unspecified atom stereocenters. The number of ether oxygens (including phenoxy) is 1. The Morgan fingerprint density at radius 1 is 1.30 bits per heavy atom. The molecule has 7 nitrogen and oxygen atoms in total. The van der Waals surface area contributed by atoms with Gasteiger partial charge in [0.2, 0.25) is 0 Å². The van der Waals surface area contributed by atoms with E-state index >= 15 is 0 Å². The zero-order valence-corrected chi connectivity index (χ0v) is 13.4. The first-order chi connectivity index (χ1) is 11.0. The molecule has 0 radical (unpaired) electrons. The molecule has 0 aliphatic rings. The SMILES string of the molecule is O=C(COc1cccc(Br)c1)NCc1cc([N+](=O)[O-])ccc1O. The van der Waals surface area contributed by atoms with Crippen LogP contribution in [0.5, 0.6) is 11.5 Å². The summed E-state index contributed by atoms with van der Waals surface area (Å²) < 4.78 is 6.15. The minimum absolute atomic E-state index is 0.0335. The van der Waals surface area contributed by atoms with Crippen LogP contribution in [0.25, 0.3) is 0 Å². The topological polar surface area (TPSA) is 102 Å². The minimum atomic E-state index is -0.568. The average Bonchev–Trinajstić information content (AvgIpc) is 2.52. The van der Waals surface area contributed by atoms with Crippen molar-refractivity contribution in [3.05, 3.63) is 62.6 Å². The highest BCUT2D eigenvalue weighted by Gasteiger charge is 2.11. The summed E-state index contributed by atoms with van der Waals surface area (Å²) in [6.07, 6.45) is 0. The summed E-state index contributed by atoms with van der Waals surface area (Å²) in [6, 6.07) is 10.7. The maximum atomic E-state index is 11.7. The highest BCUT2D eigenvalue weighted by Crippen LogP contribution is 2.22. The molecule has 2 aromatic carbocycles. The summed E-state index contributed by atoms with van der Waals surface area (Å²) in [5, 5.41) is 22.9. The Kier molecular flexibility index (Phi) is 5.53. The largest absolute Gasteiger partial charge is 0.508 e. The molecule has 23 heavy (non-hydrogen) atoms. The van der Waals surface area contributed by atoms with Crippen LogP contribution in [0, 0.1) is 10.1 Å². The van der Waals surface area contributed by atoms with E-state index in [1.807, 2.05) is 6.07 Å². The second-order valence-corrected chi connectivity index (χ2v) is 5.51. The number of nitrogens with one attached hydrogen (secondary N) is 1. The Labute approximate surface area is 140 Å². The van der Waals surface area contributed by atoms with Crippen molar-refractivity contribution in [2.24, 2.45) is 0 Å². The highest BCUT2D eigenvalue weighted by atomic mass is 79.9. The Hall–Kier alpha value is -2.61. The number of benzene rings is 2. The summed E-state index contributed by atoms with van der Waals surface area (Å²) in [6.45, 7) is -0.236. The summed E-state index contributed by atoms with van der Waals surface area (Å²) in [5.74, 6) is 0.00686. The van der Waals surface area contributed by atoms with Crippen LogP contribution in [0.2, 0.25) is 0 Å². The highest BCUT2D eigenvalue weighted by molar-refractivity contribution is 9.10. The van der Waals surface area contributed by atoms with Gasteiger partial charge in [0, 0.05) is 28.7 Å². The van der Waals surface area contributed by atoms with E-state index in [4.69, 9.17) is 4.74 Å². The molecule has 0 fully saturated rings. The second kappa shape index (κ2) is 7.59. The zero-order chi connectivity index (χ0) is 16.8. The van der Waals surface area contributed by atoms with Gasteiger partial charge >= 0.3 is 0 Å². The van der Waals surface area contributed by atoms with Gasteiger partial charge in [-0.1, -0.05) is 22.0 Å². The number of carbonyl (C=O) groups is 1. The van der Waals surface area contributed by atoms with Crippen LogP contribution < -0.4 is 10.1 Å². The summed E-state index contributed by atoms with van der Waals surface area (Å²) >= 11 is 3.29. The van der Waals surface area contributed by atoms with Crippen LogP contribution in [0.1, 0.15) is 5.56 Å². The Balaban J connectivity index is 1.89. The molecule has 0 saturated heterocycles. The van der Waals surface area contributed by atoms with Gasteiger partial charge in [-0.05, 0) is 24.3 Å². The molecule has 8 heteroatoms.